The van der Waals surface area contributed by atoms with Crippen LogP contribution in [0.2, 0.25) is 0 Å². The molecule has 7 N–H and O–H groups in total. The summed E-state index contributed by atoms with van der Waals surface area (Å²) in [5, 5.41) is 48.6. The third-order valence-electron chi connectivity index (χ3n) is 4.36. The molecule has 7 atom stereocenters. The fourth-order valence-electron chi connectivity index (χ4n) is 3.03. The van der Waals surface area contributed by atoms with Crippen molar-refractivity contribution in [3.05, 3.63) is 0 Å². The quantitative estimate of drug-likeness (QED) is 0.299. The molecular formula is C13H22N2O8. The molecule has 0 aromatic heterocycles. The monoisotopic (exact) mass is 334 g/mol. The maximum atomic E-state index is 12.4. The number of primary amides is 1. The number of carbonyl (C=O) groups excluding carboxylic acids is 2. The van der Waals surface area contributed by atoms with Crippen LogP contribution in [0.15, 0.2) is 0 Å². The van der Waals surface area contributed by atoms with Gasteiger partial charge in [0.05, 0.1) is 6.61 Å². The van der Waals surface area contributed by atoms with E-state index in [1.54, 1.807) is 0 Å². The van der Waals surface area contributed by atoms with E-state index in [0.717, 1.165) is 4.90 Å². The van der Waals surface area contributed by atoms with Crippen molar-refractivity contribution in [3.63, 3.8) is 0 Å². The Morgan fingerprint density at radius 2 is 1.87 bits per heavy atom. The van der Waals surface area contributed by atoms with Crippen molar-refractivity contribution in [3.8, 4) is 0 Å². The van der Waals surface area contributed by atoms with E-state index in [9.17, 15) is 30.0 Å². The largest absolute Gasteiger partial charge is 0.394 e. The molecule has 2 heterocycles. The summed E-state index contributed by atoms with van der Waals surface area (Å²) in [4.78, 5) is 24.8. The first kappa shape index (κ1) is 18.0. The maximum absolute atomic E-state index is 12.4. The lowest BCUT2D eigenvalue weighted by atomic mass is 9.92. The predicted molar refractivity (Wildman–Crippen MR) is 73.7 cm³/mol. The Balaban J connectivity index is 2.13. The number of amides is 2. The standard InChI is InChI=1S/C13H22N2O8/c14-12(21)5-2-1-3-15(5)13(22)10(20)11-9(19)8(18)7(17)6(4-16)23-11/h5-11,16-20H,1-4H2,(H2,14,21)/t5?,6-,7-,8?,9?,10?,11-/m1/s1. The molecule has 10 nitrogen and oxygen atoms in total. The average molecular weight is 334 g/mol. The van der Waals surface area contributed by atoms with Crippen molar-refractivity contribution in [1.82, 2.24) is 4.90 Å². The Kier molecular flexibility index (Phi) is 5.55. The predicted octanol–water partition coefficient (Wildman–Crippen LogP) is -4.33. The Hall–Kier alpha value is -1.30. The molecule has 0 aromatic carbocycles. The number of nitrogens with two attached hydrogens (primary N) is 1. The Bertz CT molecular complexity index is 459. The van der Waals surface area contributed by atoms with Crippen LogP contribution in [0.5, 0.6) is 0 Å². The molecule has 0 aromatic rings. The highest BCUT2D eigenvalue weighted by Crippen LogP contribution is 2.26. The van der Waals surface area contributed by atoms with Crippen molar-refractivity contribution < 1.29 is 39.9 Å². The fraction of sp³-hybridized carbons (Fsp3) is 0.846. The van der Waals surface area contributed by atoms with Crippen LogP contribution in [-0.2, 0) is 14.3 Å². The van der Waals surface area contributed by atoms with Gasteiger partial charge in [-0.3, -0.25) is 9.59 Å². The number of nitrogens with zero attached hydrogens (tertiary/aromatic N) is 1. The molecule has 0 aliphatic carbocycles. The van der Waals surface area contributed by atoms with Gasteiger partial charge < -0.3 is 40.9 Å². The van der Waals surface area contributed by atoms with Crippen LogP contribution in [0.1, 0.15) is 12.8 Å². The number of hydrogen-bond donors (Lipinski definition) is 6. The third-order valence-corrected chi connectivity index (χ3v) is 4.36. The first-order chi connectivity index (χ1) is 10.8. The fourth-order valence-corrected chi connectivity index (χ4v) is 3.03. The van der Waals surface area contributed by atoms with Gasteiger partial charge in [0, 0.05) is 6.54 Å². The average Bonchev–Trinajstić information content (AvgIpc) is 3.01. The summed E-state index contributed by atoms with van der Waals surface area (Å²) in [6.45, 7) is -0.448. The highest BCUT2D eigenvalue weighted by atomic mass is 16.6. The minimum atomic E-state index is -1.87. The van der Waals surface area contributed by atoms with E-state index in [1.165, 1.54) is 0 Å². The molecule has 2 saturated heterocycles. The first-order valence-electron chi connectivity index (χ1n) is 7.38. The van der Waals surface area contributed by atoms with Crippen LogP contribution in [0.25, 0.3) is 0 Å². The number of likely N-dealkylation sites (tertiary alicyclic amines) is 1. The molecule has 2 fully saturated rings. The molecule has 0 spiro atoms. The normalized spacial score (nSPS) is 39.3. The molecule has 0 bridgehead atoms. The van der Waals surface area contributed by atoms with Gasteiger partial charge in [-0.05, 0) is 12.8 Å². The van der Waals surface area contributed by atoms with Gasteiger partial charge in [0.2, 0.25) is 5.91 Å². The number of aliphatic hydroxyl groups excluding tert-OH is 5. The molecule has 132 valence electrons. The summed E-state index contributed by atoms with van der Waals surface area (Å²) in [5.41, 5.74) is 5.21. The van der Waals surface area contributed by atoms with Crippen LogP contribution in [0.3, 0.4) is 0 Å². The summed E-state index contributed by atoms with van der Waals surface area (Å²) in [6.07, 6.45) is -8.75. The lowest BCUT2D eigenvalue weighted by Crippen LogP contribution is -2.64. The van der Waals surface area contributed by atoms with Gasteiger partial charge in [-0.25, -0.2) is 0 Å². The number of carbonyl (C=O) groups is 2. The van der Waals surface area contributed by atoms with Crippen LogP contribution in [-0.4, -0.2) is 98.1 Å². The van der Waals surface area contributed by atoms with Crippen LogP contribution < -0.4 is 5.73 Å². The number of aliphatic hydroxyl groups is 5. The van der Waals surface area contributed by atoms with E-state index < -0.39 is 61.1 Å². The van der Waals surface area contributed by atoms with Gasteiger partial charge in [-0.15, -0.1) is 0 Å². The van der Waals surface area contributed by atoms with E-state index in [2.05, 4.69) is 0 Å². The van der Waals surface area contributed by atoms with Crippen molar-refractivity contribution in [1.29, 1.82) is 0 Å². The summed E-state index contributed by atoms with van der Waals surface area (Å²) < 4.78 is 5.15. The molecule has 0 saturated carbocycles. The lowest BCUT2D eigenvalue weighted by Gasteiger charge is -2.42. The highest BCUT2D eigenvalue weighted by molar-refractivity contribution is 5.89. The summed E-state index contributed by atoms with van der Waals surface area (Å²) >= 11 is 0. The Morgan fingerprint density at radius 3 is 2.43 bits per heavy atom. The number of hydrogen-bond acceptors (Lipinski definition) is 8. The minimum absolute atomic E-state index is 0.223. The molecule has 2 aliphatic heterocycles. The number of rotatable bonds is 4. The van der Waals surface area contributed by atoms with E-state index in [1.807, 2.05) is 0 Å². The van der Waals surface area contributed by atoms with Crippen molar-refractivity contribution in [2.45, 2.75) is 55.5 Å². The Labute approximate surface area is 132 Å². The molecule has 0 radical (unpaired) electrons. The summed E-state index contributed by atoms with van der Waals surface area (Å²) in [5.74, 6) is -1.56. The SMILES string of the molecule is NC(=O)C1CCCN1C(=O)C(O)[C@@H]1O[C@H](CO)[C@@H](O)C(O)C1O. The highest BCUT2D eigenvalue weighted by Gasteiger charge is 2.49. The van der Waals surface area contributed by atoms with Crippen molar-refractivity contribution in [2.75, 3.05) is 13.2 Å². The van der Waals surface area contributed by atoms with E-state index >= 15 is 0 Å². The minimum Gasteiger partial charge on any atom is -0.394 e. The van der Waals surface area contributed by atoms with Crippen molar-refractivity contribution >= 4 is 11.8 Å². The van der Waals surface area contributed by atoms with E-state index in [4.69, 9.17) is 15.6 Å². The second-order valence-corrected chi connectivity index (χ2v) is 5.83. The van der Waals surface area contributed by atoms with Gasteiger partial charge in [0.1, 0.15) is 36.6 Å². The maximum Gasteiger partial charge on any atom is 0.254 e. The van der Waals surface area contributed by atoms with Gasteiger partial charge in [-0.2, -0.15) is 0 Å². The van der Waals surface area contributed by atoms with Crippen LogP contribution >= 0.6 is 0 Å². The number of ether oxygens (including phenoxy) is 1. The lowest BCUT2D eigenvalue weighted by molar-refractivity contribution is -0.248. The second-order valence-electron chi connectivity index (χ2n) is 5.83. The molecule has 10 heteroatoms. The zero-order valence-corrected chi connectivity index (χ0v) is 12.4. The van der Waals surface area contributed by atoms with E-state index in [-0.39, 0.29) is 6.54 Å². The van der Waals surface area contributed by atoms with Crippen molar-refractivity contribution in [2.24, 2.45) is 5.73 Å². The molecule has 23 heavy (non-hydrogen) atoms. The second kappa shape index (κ2) is 7.07. The van der Waals surface area contributed by atoms with Gasteiger partial charge in [0.25, 0.3) is 5.91 Å². The summed E-state index contributed by atoms with van der Waals surface area (Å²) in [6, 6.07) is -0.845. The smallest absolute Gasteiger partial charge is 0.254 e. The zero-order chi connectivity index (χ0) is 17.3. The van der Waals surface area contributed by atoms with Gasteiger partial charge in [0.15, 0.2) is 6.10 Å². The van der Waals surface area contributed by atoms with Gasteiger partial charge in [-0.1, -0.05) is 0 Å². The van der Waals surface area contributed by atoms with E-state index in [0.29, 0.717) is 12.8 Å². The molecular weight excluding hydrogens is 312 g/mol. The molecule has 2 aliphatic rings. The zero-order valence-electron chi connectivity index (χ0n) is 12.4. The topological polar surface area (TPSA) is 174 Å². The third kappa shape index (κ3) is 3.32. The Morgan fingerprint density at radius 1 is 1.22 bits per heavy atom. The first-order valence-corrected chi connectivity index (χ1v) is 7.38. The van der Waals surface area contributed by atoms with Crippen LogP contribution in [0.4, 0.5) is 0 Å². The molecule has 4 unspecified atom stereocenters. The van der Waals surface area contributed by atoms with Gasteiger partial charge >= 0.3 is 0 Å². The molecule has 2 amide bonds. The summed E-state index contributed by atoms with van der Waals surface area (Å²) in [7, 11) is 0. The van der Waals surface area contributed by atoms with Crippen LogP contribution in [0, 0.1) is 0 Å². The molecule has 2 rings (SSSR count).